The molecule has 0 saturated carbocycles. The van der Waals surface area contributed by atoms with Crippen molar-refractivity contribution in [2.75, 3.05) is 28.6 Å². The molecule has 2 heterocycles. The number of hydrogen-bond donors (Lipinski definition) is 2. The van der Waals surface area contributed by atoms with Crippen LogP contribution in [0, 0.1) is 5.82 Å². The molecule has 2 N–H and O–H groups in total. The minimum atomic E-state index is -0.345. The molecular formula is C23H23FN4O. The van der Waals surface area contributed by atoms with Crippen molar-refractivity contribution >= 4 is 28.7 Å². The summed E-state index contributed by atoms with van der Waals surface area (Å²) in [5.74, 6) is -0.629. The molecule has 29 heavy (non-hydrogen) atoms. The van der Waals surface area contributed by atoms with Crippen LogP contribution in [0.3, 0.4) is 0 Å². The average Bonchev–Trinajstić information content (AvgIpc) is 2.77. The molecule has 1 saturated heterocycles. The highest BCUT2D eigenvalue weighted by atomic mass is 19.1. The molecular weight excluding hydrogens is 367 g/mol. The van der Waals surface area contributed by atoms with E-state index in [0.29, 0.717) is 17.1 Å². The summed E-state index contributed by atoms with van der Waals surface area (Å²) >= 11 is 0. The van der Waals surface area contributed by atoms with Crippen LogP contribution >= 0.6 is 0 Å². The summed E-state index contributed by atoms with van der Waals surface area (Å²) in [6, 6.07) is 17.6. The van der Waals surface area contributed by atoms with E-state index in [9.17, 15) is 9.18 Å². The standard InChI is InChI=1S/C23H23FN4O/c24-20-6-2-3-7-21(20)26-18-10-13-22(25-16-18)23(29)27-17-8-11-19(12-9-17)28-14-4-1-5-15-28/h2-3,6-13,16,26H,1,4-5,14-15H2,(H,27,29). The Balaban J connectivity index is 1.37. The van der Waals surface area contributed by atoms with Crippen molar-refractivity contribution in [2.24, 2.45) is 0 Å². The van der Waals surface area contributed by atoms with Gasteiger partial charge in [-0.3, -0.25) is 4.79 Å². The van der Waals surface area contributed by atoms with E-state index in [4.69, 9.17) is 0 Å². The maximum atomic E-state index is 13.7. The summed E-state index contributed by atoms with van der Waals surface area (Å²) in [6.07, 6.45) is 5.27. The number of nitrogens with zero attached hydrogens (tertiary/aromatic N) is 2. The number of pyridine rings is 1. The molecule has 0 bridgehead atoms. The summed E-state index contributed by atoms with van der Waals surface area (Å²) in [5, 5.41) is 5.82. The van der Waals surface area contributed by atoms with Crippen molar-refractivity contribution in [3.63, 3.8) is 0 Å². The van der Waals surface area contributed by atoms with E-state index in [1.807, 2.05) is 24.3 Å². The highest BCUT2D eigenvalue weighted by Gasteiger charge is 2.12. The molecule has 2 aromatic carbocycles. The fourth-order valence-corrected chi connectivity index (χ4v) is 3.42. The number of rotatable bonds is 5. The lowest BCUT2D eigenvalue weighted by molar-refractivity contribution is 0.102. The van der Waals surface area contributed by atoms with Gasteiger partial charge in [0.2, 0.25) is 0 Å². The van der Waals surface area contributed by atoms with Gasteiger partial charge in [0.15, 0.2) is 0 Å². The second kappa shape index (κ2) is 8.73. The molecule has 1 aromatic heterocycles. The van der Waals surface area contributed by atoms with E-state index >= 15 is 0 Å². The van der Waals surface area contributed by atoms with Crippen molar-refractivity contribution in [3.8, 4) is 0 Å². The van der Waals surface area contributed by atoms with E-state index in [-0.39, 0.29) is 11.7 Å². The third kappa shape index (κ3) is 4.71. The first-order chi connectivity index (χ1) is 14.2. The summed E-state index contributed by atoms with van der Waals surface area (Å²) in [6.45, 7) is 2.17. The number of carbonyl (C=O) groups excluding carboxylic acids is 1. The summed E-state index contributed by atoms with van der Waals surface area (Å²) in [5.41, 5.74) is 3.18. The first-order valence-electron chi connectivity index (χ1n) is 9.83. The fraction of sp³-hybridized carbons (Fsp3) is 0.217. The Morgan fingerprint density at radius 2 is 1.62 bits per heavy atom. The summed E-state index contributed by atoms with van der Waals surface area (Å²) in [4.78, 5) is 19.0. The van der Waals surface area contributed by atoms with Gasteiger partial charge in [-0.05, 0) is 67.8 Å². The Labute approximate surface area is 169 Å². The molecule has 6 heteroatoms. The lowest BCUT2D eigenvalue weighted by atomic mass is 10.1. The van der Waals surface area contributed by atoms with Crippen molar-refractivity contribution < 1.29 is 9.18 Å². The van der Waals surface area contributed by atoms with E-state index in [2.05, 4.69) is 20.5 Å². The van der Waals surface area contributed by atoms with E-state index < -0.39 is 0 Å². The van der Waals surface area contributed by atoms with Gasteiger partial charge in [-0.1, -0.05) is 12.1 Å². The van der Waals surface area contributed by atoms with Gasteiger partial charge in [0.1, 0.15) is 11.5 Å². The lowest BCUT2D eigenvalue weighted by Gasteiger charge is -2.28. The second-order valence-electron chi connectivity index (χ2n) is 7.09. The van der Waals surface area contributed by atoms with Crippen molar-refractivity contribution in [1.82, 2.24) is 4.98 Å². The van der Waals surface area contributed by atoms with Gasteiger partial charge in [-0.2, -0.15) is 0 Å². The Kier molecular flexibility index (Phi) is 5.70. The second-order valence-corrected chi connectivity index (χ2v) is 7.09. The number of benzene rings is 2. The maximum absolute atomic E-state index is 13.7. The van der Waals surface area contributed by atoms with Crippen LogP contribution in [0.25, 0.3) is 0 Å². The number of anilines is 4. The van der Waals surface area contributed by atoms with Gasteiger partial charge in [0.25, 0.3) is 5.91 Å². The van der Waals surface area contributed by atoms with Gasteiger partial charge in [0.05, 0.1) is 17.6 Å². The molecule has 1 fully saturated rings. The molecule has 0 radical (unpaired) electrons. The summed E-state index contributed by atoms with van der Waals surface area (Å²) in [7, 11) is 0. The zero-order valence-electron chi connectivity index (χ0n) is 16.1. The highest BCUT2D eigenvalue weighted by Crippen LogP contribution is 2.22. The maximum Gasteiger partial charge on any atom is 0.274 e. The van der Waals surface area contributed by atoms with Gasteiger partial charge >= 0.3 is 0 Å². The predicted octanol–water partition coefficient (Wildman–Crippen LogP) is 5.21. The molecule has 3 aromatic rings. The van der Waals surface area contributed by atoms with E-state index in [0.717, 1.165) is 18.8 Å². The molecule has 1 amide bonds. The fourth-order valence-electron chi connectivity index (χ4n) is 3.42. The van der Waals surface area contributed by atoms with Crippen LogP contribution in [0.2, 0.25) is 0 Å². The van der Waals surface area contributed by atoms with Gasteiger partial charge < -0.3 is 15.5 Å². The van der Waals surface area contributed by atoms with E-state index in [1.165, 1.54) is 37.2 Å². The number of nitrogens with one attached hydrogen (secondary N) is 2. The average molecular weight is 390 g/mol. The minimum absolute atomic E-state index is 0.284. The highest BCUT2D eigenvalue weighted by molar-refractivity contribution is 6.03. The Hall–Kier alpha value is -3.41. The zero-order valence-corrected chi connectivity index (χ0v) is 16.1. The Morgan fingerprint density at radius 3 is 2.31 bits per heavy atom. The molecule has 1 aliphatic rings. The largest absolute Gasteiger partial charge is 0.372 e. The van der Waals surface area contributed by atoms with Crippen LogP contribution in [-0.4, -0.2) is 24.0 Å². The molecule has 148 valence electrons. The first kappa shape index (κ1) is 18.9. The molecule has 0 atom stereocenters. The zero-order chi connectivity index (χ0) is 20.1. The smallest absolute Gasteiger partial charge is 0.274 e. The predicted molar refractivity (Wildman–Crippen MR) is 114 cm³/mol. The number of hydrogen-bond acceptors (Lipinski definition) is 4. The van der Waals surface area contributed by atoms with Crippen molar-refractivity contribution in [2.45, 2.75) is 19.3 Å². The molecule has 0 unspecified atom stereocenters. The van der Waals surface area contributed by atoms with Crippen LogP contribution in [0.1, 0.15) is 29.8 Å². The number of halogens is 1. The number of amides is 1. The number of piperidine rings is 1. The SMILES string of the molecule is O=C(Nc1ccc(N2CCCCC2)cc1)c1ccc(Nc2ccccc2F)cn1. The molecule has 0 aliphatic carbocycles. The van der Waals surface area contributed by atoms with E-state index in [1.54, 1.807) is 30.3 Å². The van der Waals surface area contributed by atoms with Crippen molar-refractivity contribution in [3.05, 3.63) is 78.4 Å². The van der Waals surface area contributed by atoms with Crippen LogP contribution < -0.4 is 15.5 Å². The van der Waals surface area contributed by atoms with Gasteiger partial charge in [-0.25, -0.2) is 9.37 Å². The quantitative estimate of drug-likeness (QED) is 0.628. The lowest BCUT2D eigenvalue weighted by Crippen LogP contribution is -2.29. The van der Waals surface area contributed by atoms with Crippen LogP contribution in [-0.2, 0) is 0 Å². The number of para-hydroxylation sites is 1. The third-order valence-corrected chi connectivity index (χ3v) is 5.00. The van der Waals surface area contributed by atoms with Gasteiger partial charge in [-0.15, -0.1) is 0 Å². The molecule has 5 nitrogen and oxygen atoms in total. The minimum Gasteiger partial charge on any atom is -0.372 e. The number of carbonyl (C=O) groups is 1. The normalized spacial score (nSPS) is 13.8. The third-order valence-electron chi connectivity index (χ3n) is 5.00. The van der Waals surface area contributed by atoms with Gasteiger partial charge in [0, 0.05) is 24.5 Å². The Morgan fingerprint density at radius 1 is 0.897 bits per heavy atom. The monoisotopic (exact) mass is 390 g/mol. The topological polar surface area (TPSA) is 57.3 Å². The molecule has 0 spiro atoms. The first-order valence-corrected chi connectivity index (χ1v) is 9.83. The van der Waals surface area contributed by atoms with Crippen molar-refractivity contribution in [1.29, 1.82) is 0 Å². The Bertz CT molecular complexity index is 967. The molecule has 1 aliphatic heterocycles. The number of aromatic nitrogens is 1. The van der Waals surface area contributed by atoms with Crippen LogP contribution in [0.4, 0.5) is 27.1 Å². The summed E-state index contributed by atoms with van der Waals surface area (Å²) < 4.78 is 13.7. The van der Waals surface area contributed by atoms with Crippen LogP contribution in [0.15, 0.2) is 66.9 Å². The van der Waals surface area contributed by atoms with Crippen LogP contribution in [0.5, 0.6) is 0 Å². The molecule has 4 rings (SSSR count).